The fraction of sp³-hybridized carbons (Fsp3) is 0.357. The van der Waals surface area contributed by atoms with Gasteiger partial charge in [0.15, 0.2) is 0 Å². The fourth-order valence-electron chi connectivity index (χ4n) is 5.48. The summed E-state index contributed by atoms with van der Waals surface area (Å²) in [4.78, 5) is 14.7. The van der Waals surface area contributed by atoms with Crippen LogP contribution >= 0.6 is 0 Å². The van der Waals surface area contributed by atoms with Gasteiger partial charge in [-0.2, -0.15) is 5.10 Å². The minimum atomic E-state index is -2.64. The summed E-state index contributed by atoms with van der Waals surface area (Å²) >= 11 is 0. The van der Waals surface area contributed by atoms with Gasteiger partial charge in [-0.15, -0.1) is 0 Å². The second-order valence-electron chi connectivity index (χ2n) is 9.92. The summed E-state index contributed by atoms with van der Waals surface area (Å²) in [6, 6.07) is 9.45. The molecule has 2 aromatic heterocycles. The summed E-state index contributed by atoms with van der Waals surface area (Å²) in [5.74, 6) is 0.608. The molecular weight excluding hydrogens is 476 g/mol. The number of halogens is 2. The minimum absolute atomic E-state index is 0.00674. The van der Waals surface area contributed by atoms with Gasteiger partial charge in [0, 0.05) is 72.8 Å². The summed E-state index contributed by atoms with van der Waals surface area (Å²) < 4.78 is 38.0. The zero-order valence-electron chi connectivity index (χ0n) is 21.1. The number of hydrogen-bond donors (Lipinski definition) is 1. The lowest BCUT2D eigenvalue weighted by molar-refractivity contribution is 0.152. The van der Waals surface area contributed by atoms with Crippen LogP contribution in [0.15, 0.2) is 47.5 Å². The van der Waals surface area contributed by atoms with Crippen LogP contribution in [0.3, 0.4) is 0 Å². The first-order valence-electron chi connectivity index (χ1n) is 12.5. The van der Waals surface area contributed by atoms with Gasteiger partial charge in [-0.25, -0.2) is 8.78 Å². The van der Waals surface area contributed by atoms with Crippen LogP contribution in [0, 0.1) is 6.92 Å². The van der Waals surface area contributed by atoms with Crippen LogP contribution in [-0.2, 0) is 13.5 Å². The maximum Gasteiger partial charge on any atom is 0.264 e. The molecule has 6 rings (SSSR count). The van der Waals surface area contributed by atoms with E-state index >= 15 is 0 Å². The molecule has 1 N–H and O–H groups in total. The van der Waals surface area contributed by atoms with Gasteiger partial charge in [0.1, 0.15) is 5.75 Å². The number of anilines is 2. The van der Waals surface area contributed by atoms with Crippen molar-refractivity contribution < 1.29 is 13.5 Å². The average Bonchev–Trinajstić information content (AvgIpc) is 3.34. The fourth-order valence-corrected chi connectivity index (χ4v) is 5.48. The van der Waals surface area contributed by atoms with E-state index in [1.54, 1.807) is 37.9 Å². The number of alkyl halides is 2. The van der Waals surface area contributed by atoms with E-state index in [-0.39, 0.29) is 17.2 Å². The Morgan fingerprint density at radius 3 is 2.65 bits per heavy atom. The van der Waals surface area contributed by atoms with E-state index in [1.165, 1.54) is 0 Å². The molecule has 0 atom stereocenters. The number of ether oxygens (including phenoxy) is 1. The van der Waals surface area contributed by atoms with E-state index in [0.717, 1.165) is 53.8 Å². The highest BCUT2D eigenvalue weighted by Crippen LogP contribution is 2.44. The molecule has 0 spiro atoms. The molecule has 37 heavy (non-hydrogen) atoms. The van der Waals surface area contributed by atoms with Crippen LogP contribution in [0.1, 0.15) is 35.6 Å². The summed E-state index contributed by atoms with van der Waals surface area (Å²) in [5, 5.41) is 8.54. The Kier molecular flexibility index (Phi) is 5.75. The molecule has 0 saturated carbocycles. The highest BCUT2D eigenvalue weighted by Gasteiger charge is 2.27. The summed E-state index contributed by atoms with van der Waals surface area (Å²) in [5.41, 5.74) is 5.14. The Morgan fingerprint density at radius 2 is 1.95 bits per heavy atom. The van der Waals surface area contributed by atoms with Crippen molar-refractivity contribution in [3.05, 3.63) is 69.8 Å². The standard InChI is InChI=1S/C28H29F2N5O2/c1-16-7-23-25(33(2)28(16)36)9-20(37-3)10-26(23)34-6-4-5-17-8-21(22(27(29)30)11-24(17)34)18-12-32-35(15-18)19-13-31-14-19/h7-12,15,19,27,31H,4-6,13-14H2,1-3H3. The molecule has 2 aliphatic heterocycles. The summed E-state index contributed by atoms with van der Waals surface area (Å²) in [6.45, 7) is 4.13. The lowest BCUT2D eigenvalue weighted by Crippen LogP contribution is -2.43. The molecule has 0 aliphatic carbocycles. The first-order valence-corrected chi connectivity index (χ1v) is 12.5. The molecule has 9 heteroatoms. The monoisotopic (exact) mass is 505 g/mol. The highest BCUT2D eigenvalue weighted by atomic mass is 19.3. The predicted octanol–water partition coefficient (Wildman–Crippen LogP) is 4.89. The van der Waals surface area contributed by atoms with E-state index < -0.39 is 6.43 Å². The molecule has 1 saturated heterocycles. The maximum atomic E-state index is 14.5. The molecule has 4 heterocycles. The summed E-state index contributed by atoms with van der Waals surface area (Å²) in [7, 11) is 3.33. The number of pyridine rings is 1. The molecule has 192 valence electrons. The molecule has 0 unspecified atom stereocenters. The van der Waals surface area contributed by atoms with Crippen molar-refractivity contribution in [2.75, 3.05) is 31.6 Å². The topological polar surface area (TPSA) is 64.3 Å². The van der Waals surface area contributed by atoms with Crippen LogP contribution in [0.2, 0.25) is 0 Å². The van der Waals surface area contributed by atoms with Crippen LogP contribution < -0.4 is 20.5 Å². The Balaban J connectivity index is 1.52. The molecule has 2 aliphatic rings. The number of fused-ring (bicyclic) bond motifs is 2. The van der Waals surface area contributed by atoms with Crippen LogP contribution in [-0.4, -0.2) is 41.1 Å². The van der Waals surface area contributed by atoms with Crippen LogP contribution in [0.5, 0.6) is 5.75 Å². The molecular formula is C28H29F2N5O2. The number of nitrogens with zero attached hydrogens (tertiary/aromatic N) is 4. The molecule has 7 nitrogen and oxygen atoms in total. The molecule has 1 fully saturated rings. The lowest BCUT2D eigenvalue weighted by atomic mass is 9.92. The van der Waals surface area contributed by atoms with Crippen molar-refractivity contribution in [2.45, 2.75) is 32.2 Å². The van der Waals surface area contributed by atoms with Crippen molar-refractivity contribution in [1.29, 1.82) is 0 Å². The second kappa shape index (κ2) is 8.99. The van der Waals surface area contributed by atoms with E-state index in [0.29, 0.717) is 29.0 Å². The van der Waals surface area contributed by atoms with E-state index in [1.807, 2.05) is 35.1 Å². The Bertz CT molecular complexity index is 1570. The Morgan fingerprint density at radius 1 is 1.14 bits per heavy atom. The molecule has 0 amide bonds. The number of rotatable bonds is 5. The first kappa shape index (κ1) is 23.7. The Labute approximate surface area is 213 Å². The minimum Gasteiger partial charge on any atom is -0.497 e. The second-order valence-corrected chi connectivity index (χ2v) is 9.92. The number of benzene rings is 2. The maximum absolute atomic E-state index is 14.5. The largest absolute Gasteiger partial charge is 0.497 e. The first-order chi connectivity index (χ1) is 17.9. The van der Waals surface area contributed by atoms with E-state index in [9.17, 15) is 13.6 Å². The van der Waals surface area contributed by atoms with Crippen molar-refractivity contribution in [3.63, 3.8) is 0 Å². The number of nitrogens with one attached hydrogen (secondary N) is 1. The molecule has 0 radical (unpaired) electrons. The third kappa shape index (κ3) is 3.89. The van der Waals surface area contributed by atoms with Gasteiger partial charge >= 0.3 is 0 Å². The van der Waals surface area contributed by atoms with Gasteiger partial charge in [0.2, 0.25) is 0 Å². The smallest absolute Gasteiger partial charge is 0.264 e. The van der Waals surface area contributed by atoms with Gasteiger partial charge in [0.25, 0.3) is 12.0 Å². The third-order valence-electron chi connectivity index (χ3n) is 7.65. The quantitative estimate of drug-likeness (QED) is 0.419. The van der Waals surface area contributed by atoms with Gasteiger partial charge < -0.3 is 19.5 Å². The Hall–Kier alpha value is -3.72. The van der Waals surface area contributed by atoms with Crippen molar-refractivity contribution in [1.82, 2.24) is 19.7 Å². The zero-order valence-corrected chi connectivity index (χ0v) is 21.1. The van der Waals surface area contributed by atoms with Gasteiger partial charge in [-0.05, 0) is 49.1 Å². The van der Waals surface area contributed by atoms with Crippen molar-refractivity contribution in [2.24, 2.45) is 7.05 Å². The SMILES string of the molecule is COc1cc(N2CCCc3cc(-c4cnn(C5CNC5)c4)c(C(F)F)cc32)c2cc(C)c(=O)n(C)c2c1. The molecule has 4 aromatic rings. The molecule has 0 bridgehead atoms. The highest BCUT2D eigenvalue weighted by molar-refractivity contribution is 5.96. The van der Waals surface area contributed by atoms with Crippen LogP contribution in [0.4, 0.5) is 20.2 Å². The van der Waals surface area contributed by atoms with Crippen LogP contribution in [0.25, 0.3) is 22.0 Å². The molecule has 2 aromatic carbocycles. The van der Waals surface area contributed by atoms with Crippen molar-refractivity contribution >= 4 is 22.3 Å². The van der Waals surface area contributed by atoms with Gasteiger partial charge in [-0.1, -0.05) is 0 Å². The van der Waals surface area contributed by atoms with Gasteiger partial charge in [0.05, 0.1) is 30.6 Å². The van der Waals surface area contributed by atoms with Crippen molar-refractivity contribution in [3.8, 4) is 16.9 Å². The third-order valence-corrected chi connectivity index (χ3v) is 7.65. The number of aromatic nitrogens is 3. The predicted molar refractivity (Wildman–Crippen MR) is 140 cm³/mol. The number of hydrogen-bond acceptors (Lipinski definition) is 5. The number of methoxy groups -OCH3 is 1. The summed E-state index contributed by atoms with van der Waals surface area (Å²) in [6.07, 6.45) is 2.59. The van der Waals surface area contributed by atoms with E-state index in [4.69, 9.17) is 4.74 Å². The van der Waals surface area contributed by atoms with E-state index in [2.05, 4.69) is 15.3 Å². The lowest BCUT2D eigenvalue weighted by Gasteiger charge is -2.34. The normalized spacial score (nSPS) is 15.8. The van der Waals surface area contributed by atoms with Gasteiger partial charge in [-0.3, -0.25) is 9.48 Å². The zero-order chi connectivity index (χ0) is 25.8. The average molecular weight is 506 g/mol. The number of aryl methyl sites for hydroxylation is 3.